The van der Waals surface area contributed by atoms with E-state index in [1.165, 1.54) is 0 Å². The van der Waals surface area contributed by atoms with Crippen LogP contribution in [0.25, 0.3) is 22.2 Å². The van der Waals surface area contributed by atoms with E-state index in [2.05, 4.69) is 54.2 Å². The van der Waals surface area contributed by atoms with Gasteiger partial charge in [0.15, 0.2) is 0 Å². The van der Waals surface area contributed by atoms with Crippen LogP contribution in [0.5, 0.6) is 0 Å². The van der Waals surface area contributed by atoms with Gasteiger partial charge in [-0.2, -0.15) is 13.5 Å². The molecule has 0 bridgehead atoms. The number of carbonyl (C=O) groups is 1. The fraction of sp³-hybridized carbons (Fsp3) is 0.269. The molecule has 1 atom stereocenters. The topological polar surface area (TPSA) is 117 Å². The third kappa shape index (κ3) is 6.27. The molecule has 4 rings (SSSR count). The summed E-state index contributed by atoms with van der Waals surface area (Å²) in [6.45, 7) is 4.45. The van der Waals surface area contributed by atoms with E-state index in [1.54, 1.807) is 25.6 Å². The summed E-state index contributed by atoms with van der Waals surface area (Å²) in [7, 11) is 3.55. The van der Waals surface area contributed by atoms with Gasteiger partial charge in [-0.1, -0.05) is 25.1 Å². The third-order valence-electron chi connectivity index (χ3n) is 5.80. The summed E-state index contributed by atoms with van der Waals surface area (Å²) in [5.74, 6) is 1.57. The first kappa shape index (κ1) is 26.8. The lowest BCUT2D eigenvalue weighted by Gasteiger charge is -2.16. The molecular formula is C26H32N8OS. The molecule has 3 heterocycles. The fourth-order valence-electron chi connectivity index (χ4n) is 3.87. The first-order chi connectivity index (χ1) is 17.1. The second-order valence-electron chi connectivity index (χ2n) is 8.21. The fourth-order valence-corrected chi connectivity index (χ4v) is 3.87. The van der Waals surface area contributed by atoms with E-state index in [1.807, 2.05) is 43.6 Å². The zero-order valence-electron chi connectivity index (χ0n) is 20.7. The van der Waals surface area contributed by atoms with Gasteiger partial charge >= 0.3 is 0 Å². The first-order valence-corrected chi connectivity index (χ1v) is 11.6. The predicted molar refractivity (Wildman–Crippen MR) is 150 cm³/mol. The van der Waals surface area contributed by atoms with Crippen LogP contribution in [0.15, 0.2) is 61.2 Å². The molecule has 0 radical (unpaired) electrons. The van der Waals surface area contributed by atoms with E-state index in [-0.39, 0.29) is 25.3 Å². The number of para-hydroxylation sites is 1. The molecule has 0 aliphatic carbocycles. The van der Waals surface area contributed by atoms with Crippen LogP contribution in [0.1, 0.15) is 28.8 Å². The lowest BCUT2D eigenvalue weighted by atomic mass is 9.96. The van der Waals surface area contributed by atoms with E-state index < -0.39 is 0 Å². The van der Waals surface area contributed by atoms with E-state index >= 15 is 0 Å². The molecule has 9 nitrogen and oxygen atoms in total. The summed E-state index contributed by atoms with van der Waals surface area (Å²) in [5.41, 5.74) is 4.24. The SMILES string of the molecule is CNCCNc1ccc(-c2cc(NC[C@@H](C)c3cccc4c(C(=O)NC)ccnc34)ncn2)cn1.S. The highest BCUT2D eigenvalue weighted by Crippen LogP contribution is 2.27. The number of nitrogens with zero attached hydrogens (tertiary/aromatic N) is 4. The van der Waals surface area contributed by atoms with Gasteiger partial charge in [-0.25, -0.2) is 15.0 Å². The summed E-state index contributed by atoms with van der Waals surface area (Å²) >= 11 is 0. The highest BCUT2D eigenvalue weighted by molar-refractivity contribution is 7.59. The number of aromatic nitrogens is 4. The molecular weight excluding hydrogens is 472 g/mol. The molecule has 0 saturated heterocycles. The van der Waals surface area contributed by atoms with Crippen molar-refractivity contribution in [3.63, 3.8) is 0 Å². The number of hydrogen-bond acceptors (Lipinski definition) is 8. The van der Waals surface area contributed by atoms with Crippen LogP contribution in [0.4, 0.5) is 11.6 Å². The minimum Gasteiger partial charge on any atom is -0.369 e. The molecule has 0 spiro atoms. The minimum absolute atomic E-state index is 0. The van der Waals surface area contributed by atoms with Crippen LogP contribution in [0.2, 0.25) is 0 Å². The van der Waals surface area contributed by atoms with Crippen molar-refractivity contribution in [3.05, 3.63) is 72.3 Å². The maximum atomic E-state index is 12.3. The van der Waals surface area contributed by atoms with Crippen LogP contribution in [-0.4, -0.2) is 59.6 Å². The molecule has 0 fully saturated rings. The Kier molecular flexibility index (Phi) is 9.54. The minimum atomic E-state index is -0.120. The lowest BCUT2D eigenvalue weighted by molar-refractivity contribution is 0.0964. The molecule has 1 aromatic carbocycles. The highest BCUT2D eigenvalue weighted by atomic mass is 32.1. The number of pyridine rings is 2. The highest BCUT2D eigenvalue weighted by Gasteiger charge is 2.15. The van der Waals surface area contributed by atoms with Crippen LogP contribution >= 0.6 is 13.5 Å². The Labute approximate surface area is 218 Å². The summed E-state index contributed by atoms with van der Waals surface area (Å²) < 4.78 is 0. The largest absolute Gasteiger partial charge is 0.369 e. The van der Waals surface area contributed by atoms with Gasteiger partial charge in [0.1, 0.15) is 18.0 Å². The van der Waals surface area contributed by atoms with Crippen molar-refractivity contribution in [1.82, 2.24) is 30.6 Å². The Morgan fingerprint density at radius 2 is 1.81 bits per heavy atom. The Morgan fingerprint density at radius 1 is 0.944 bits per heavy atom. The Bertz CT molecular complexity index is 1300. The average molecular weight is 505 g/mol. The van der Waals surface area contributed by atoms with Gasteiger partial charge in [0.2, 0.25) is 0 Å². The van der Waals surface area contributed by atoms with Crippen molar-refractivity contribution in [1.29, 1.82) is 0 Å². The Hall–Kier alpha value is -3.76. The van der Waals surface area contributed by atoms with Crippen molar-refractivity contribution in [2.75, 3.05) is 44.4 Å². The van der Waals surface area contributed by atoms with Gasteiger partial charge in [-0.3, -0.25) is 9.78 Å². The van der Waals surface area contributed by atoms with Gasteiger partial charge in [0.25, 0.3) is 5.91 Å². The molecule has 4 N–H and O–H groups in total. The number of hydrogen-bond donors (Lipinski definition) is 4. The van der Waals surface area contributed by atoms with Crippen LogP contribution < -0.4 is 21.3 Å². The van der Waals surface area contributed by atoms with Crippen LogP contribution in [0, 0.1) is 0 Å². The van der Waals surface area contributed by atoms with Crippen LogP contribution in [0.3, 0.4) is 0 Å². The number of rotatable bonds is 10. The molecule has 0 aliphatic rings. The van der Waals surface area contributed by atoms with Gasteiger partial charge in [0, 0.05) is 62.0 Å². The van der Waals surface area contributed by atoms with Crippen molar-refractivity contribution < 1.29 is 4.79 Å². The predicted octanol–water partition coefficient (Wildman–Crippen LogP) is 3.41. The molecule has 4 aromatic rings. The summed E-state index contributed by atoms with van der Waals surface area (Å²) in [6, 6.07) is 13.6. The number of carbonyl (C=O) groups excluding carboxylic acids is 1. The standard InChI is InChI=1S/C26H30N8O.H2S/c1-17(19-5-4-6-20-21(26(35)28-3)9-10-30-25(19)20)14-31-24-13-22(33-16-34-24)18-7-8-23(32-15-18)29-12-11-27-2;/h4-10,13,15-17,27H,11-12,14H2,1-3H3,(H,28,35)(H,29,32)(H,31,33,34);1H2/t17-;/m1./s1. The molecule has 10 heteroatoms. The van der Waals surface area contributed by atoms with E-state index in [0.29, 0.717) is 12.1 Å². The molecule has 0 saturated carbocycles. The summed E-state index contributed by atoms with van der Waals surface area (Å²) in [6.07, 6.45) is 5.04. The molecule has 0 aliphatic heterocycles. The van der Waals surface area contributed by atoms with Crippen LogP contribution in [-0.2, 0) is 0 Å². The van der Waals surface area contributed by atoms with Crippen molar-refractivity contribution >= 4 is 41.9 Å². The molecule has 1 amide bonds. The van der Waals surface area contributed by atoms with Crippen molar-refractivity contribution in [3.8, 4) is 11.3 Å². The second-order valence-corrected chi connectivity index (χ2v) is 8.21. The molecule has 0 unspecified atom stereocenters. The number of amides is 1. The number of nitrogens with one attached hydrogen (secondary N) is 4. The molecule has 3 aromatic heterocycles. The lowest BCUT2D eigenvalue weighted by Crippen LogP contribution is -2.18. The van der Waals surface area contributed by atoms with Gasteiger partial charge in [0.05, 0.1) is 16.8 Å². The van der Waals surface area contributed by atoms with Gasteiger partial charge < -0.3 is 21.3 Å². The Morgan fingerprint density at radius 3 is 2.56 bits per heavy atom. The zero-order chi connectivity index (χ0) is 24.6. The summed E-state index contributed by atoms with van der Waals surface area (Å²) in [5, 5.41) is 13.3. The second kappa shape index (κ2) is 12.8. The van der Waals surface area contributed by atoms with Crippen molar-refractivity contribution in [2.24, 2.45) is 0 Å². The third-order valence-corrected chi connectivity index (χ3v) is 5.80. The normalized spacial score (nSPS) is 11.4. The Balaban J connectivity index is 0.00000361. The van der Waals surface area contributed by atoms with E-state index in [9.17, 15) is 4.79 Å². The maximum Gasteiger partial charge on any atom is 0.251 e. The number of likely N-dealkylation sites (N-methyl/N-ethyl adjacent to an activating group) is 1. The number of fused-ring (bicyclic) bond motifs is 1. The maximum absolute atomic E-state index is 12.3. The summed E-state index contributed by atoms with van der Waals surface area (Å²) in [4.78, 5) is 30.1. The van der Waals surface area contributed by atoms with E-state index in [0.717, 1.165) is 52.4 Å². The first-order valence-electron chi connectivity index (χ1n) is 11.6. The zero-order valence-corrected chi connectivity index (χ0v) is 21.7. The monoisotopic (exact) mass is 504 g/mol. The molecule has 188 valence electrons. The van der Waals surface area contributed by atoms with Crippen molar-refractivity contribution in [2.45, 2.75) is 12.8 Å². The average Bonchev–Trinajstić information content (AvgIpc) is 2.91. The smallest absolute Gasteiger partial charge is 0.251 e. The molecule has 36 heavy (non-hydrogen) atoms. The van der Waals surface area contributed by atoms with Gasteiger partial charge in [-0.15, -0.1) is 0 Å². The number of anilines is 2. The van der Waals surface area contributed by atoms with E-state index in [4.69, 9.17) is 0 Å². The quantitative estimate of drug-likeness (QED) is 0.243. The number of benzene rings is 1. The van der Waals surface area contributed by atoms with Gasteiger partial charge in [-0.05, 0) is 30.8 Å².